The van der Waals surface area contributed by atoms with Crippen LogP contribution >= 0.6 is 12.2 Å². The Balaban J connectivity index is 3.06. The van der Waals surface area contributed by atoms with Gasteiger partial charge in [-0.05, 0) is 26.1 Å². The summed E-state index contributed by atoms with van der Waals surface area (Å²) in [6.07, 6.45) is 0. The molecule has 1 rings (SSSR count). The van der Waals surface area contributed by atoms with Crippen LogP contribution in [0.3, 0.4) is 0 Å². The molecule has 0 aliphatic carbocycles. The topological polar surface area (TPSA) is 68.1 Å². The highest BCUT2D eigenvalue weighted by atomic mass is 32.1. The molecule has 0 spiro atoms. The number of aromatic amines is 1. The van der Waals surface area contributed by atoms with Crippen molar-refractivity contribution < 1.29 is 13.9 Å². The summed E-state index contributed by atoms with van der Waals surface area (Å²) in [7, 11) is 1.31. The molecule has 0 unspecified atom stereocenters. The Bertz CT molecular complexity index is 366. The van der Waals surface area contributed by atoms with Crippen LogP contribution in [-0.2, 0) is 14.9 Å². The molecule has 0 aromatic carbocycles. The van der Waals surface area contributed by atoms with E-state index in [1.165, 1.54) is 7.11 Å². The van der Waals surface area contributed by atoms with Crippen molar-refractivity contribution in [3.05, 3.63) is 10.7 Å². The minimum absolute atomic E-state index is 0.145. The monoisotopic (exact) mass is 202 g/mol. The van der Waals surface area contributed by atoms with E-state index < -0.39 is 11.4 Å². The number of esters is 1. The first-order chi connectivity index (χ1) is 5.98. The summed E-state index contributed by atoms with van der Waals surface area (Å²) in [5.74, 6) is -0.192. The van der Waals surface area contributed by atoms with Gasteiger partial charge in [-0.2, -0.15) is 0 Å². The maximum absolute atomic E-state index is 11.3. The molecule has 1 aromatic rings. The van der Waals surface area contributed by atoms with E-state index in [1.54, 1.807) is 13.8 Å². The molecule has 1 heterocycles. The van der Waals surface area contributed by atoms with Crippen LogP contribution in [0, 0.1) is 4.84 Å². The van der Waals surface area contributed by atoms with Gasteiger partial charge in [0.2, 0.25) is 5.89 Å². The molecular formula is C7H10N2O3S. The first kappa shape index (κ1) is 9.91. The van der Waals surface area contributed by atoms with E-state index in [4.69, 9.17) is 4.42 Å². The molecule has 0 saturated heterocycles. The van der Waals surface area contributed by atoms with Crippen molar-refractivity contribution >= 4 is 18.2 Å². The van der Waals surface area contributed by atoms with Crippen LogP contribution in [-0.4, -0.2) is 23.3 Å². The van der Waals surface area contributed by atoms with Gasteiger partial charge in [0, 0.05) is 0 Å². The smallest absolute Gasteiger partial charge is 0.320 e. The van der Waals surface area contributed by atoms with Gasteiger partial charge in [-0.1, -0.05) is 0 Å². The van der Waals surface area contributed by atoms with Gasteiger partial charge in [0.1, 0.15) is 5.41 Å². The minimum atomic E-state index is -0.914. The van der Waals surface area contributed by atoms with Gasteiger partial charge in [-0.3, -0.25) is 4.79 Å². The second-order valence-electron chi connectivity index (χ2n) is 3.03. The quantitative estimate of drug-likeness (QED) is 0.576. The molecule has 0 saturated carbocycles. The zero-order valence-corrected chi connectivity index (χ0v) is 8.40. The Morgan fingerprint density at radius 1 is 1.69 bits per heavy atom. The highest BCUT2D eigenvalue weighted by molar-refractivity contribution is 7.71. The lowest BCUT2D eigenvalue weighted by molar-refractivity contribution is -0.147. The molecule has 5 nitrogen and oxygen atoms in total. The number of hydrogen-bond donors (Lipinski definition) is 1. The number of nitrogens with zero attached hydrogens (tertiary/aromatic N) is 1. The van der Waals surface area contributed by atoms with E-state index in [0.717, 1.165) is 0 Å². The zero-order valence-electron chi connectivity index (χ0n) is 7.58. The number of aromatic nitrogens is 2. The van der Waals surface area contributed by atoms with Gasteiger partial charge < -0.3 is 9.15 Å². The fraction of sp³-hybridized carbons (Fsp3) is 0.571. The molecule has 0 bridgehead atoms. The molecule has 1 N–H and O–H groups in total. The standard InChI is InChI=1S/C7H10N2O3S/c1-7(2,5(10)11-3)4-8-9-6(13)12-4/h1-3H3,(H,9,13). The summed E-state index contributed by atoms with van der Waals surface area (Å²) in [4.78, 5) is 11.4. The molecule has 0 amide bonds. The average molecular weight is 202 g/mol. The van der Waals surface area contributed by atoms with Crippen LogP contribution in [0.1, 0.15) is 19.7 Å². The number of hydrogen-bond acceptors (Lipinski definition) is 5. The SMILES string of the molecule is COC(=O)C(C)(C)c1n[nH]c(=S)o1. The summed E-state index contributed by atoms with van der Waals surface area (Å²) in [6, 6.07) is 0. The number of carbonyl (C=O) groups is 1. The van der Waals surface area contributed by atoms with Gasteiger partial charge in [0.05, 0.1) is 7.11 Å². The maximum Gasteiger partial charge on any atom is 0.320 e. The maximum atomic E-state index is 11.3. The largest absolute Gasteiger partial charge is 0.468 e. The molecule has 0 aliphatic heterocycles. The Labute approximate surface area is 80.1 Å². The first-order valence-electron chi connectivity index (χ1n) is 3.63. The number of rotatable bonds is 2. The molecule has 0 atom stereocenters. The minimum Gasteiger partial charge on any atom is -0.468 e. The second kappa shape index (κ2) is 3.29. The molecule has 0 fully saturated rings. The van der Waals surface area contributed by atoms with Gasteiger partial charge >= 0.3 is 5.97 Å². The molecule has 13 heavy (non-hydrogen) atoms. The van der Waals surface area contributed by atoms with Crippen molar-refractivity contribution in [2.75, 3.05) is 7.11 Å². The molecular weight excluding hydrogens is 192 g/mol. The lowest BCUT2D eigenvalue weighted by Gasteiger charge is -2.15. The highest BCUT2D eigenvalue weighted by Crippen LogP contribution is 2.22. The normalized spacial score (nSPS) is 11.3. The summed E-state index contributed by atoms with van der Waals surface area (Å²) in [5.41, 5.74) is -0.914. The first-order valence-corrected chi connectivity index (χ1v) is 4.03. The van der Waals surface area contributed by atoms with Crippen molar-refractivity contribution in [3.63, 3.8) is 0 Å². The Hall–Kier alpha value is -1.17. The fourth-order valence-corrected chi connectivity index (χ4v) is 0.964. The van der Waals surface area contributed by atoms with Crippen LogP contribution in [0.15, 0.2) is 4.42 Å². The Morgan fingerprint density at radius 2 is 2.31 bits per heavy atom. The molecule has 0 aliphatic rings. The molecule has 0 radical (unpaired) electrons. The van der Waals surface area contributed by atoms with Gasteiger partial charge in [0.15, 0.2) is 0 Å². The van der Waals surface area contributed by atoms with E-state index in [-0.39, 0.29) is 10.7 Å². The Kier molecular flexibility index (Phi) is 2.51. The van der Waals surface area contributed by atoms with Crippen LogP contribution in [0.4, 0.5) is 0 Å². The van der Waals surface area contributed by atoms with Gasteiger partial charge in [0.25, 0.3) is 4.84 Å². The molecule has 1 aromatic heterocycles. The van der Waals surface area contributed by atoms with Crippen LogP contribution in [0.5, 0.6) is 0 Å². The van der Waals surface area contributed by atoms with Crippen LogP contribution in [0.2, 0.25) is 0 Å². The van der Waals surface area contributed by atoms with Crippen molar-refractivity contribution in [1.82, 2.24) is 10.2 Å². The third-order valence-corrected chi connectivity index (χ3v) is 1.84. The third-order valence-electron chi connectivity index (χ3n) is 1.67. The molecule has 6 heteroatoms. The number of ether oxygens (including phenoxy) is 1. The summed E-state index contributed by atoms with van der Waals surface area (Å²) in [6.45, 7) is 3.29. The number of nitrogens with one attached hydrogen (secondary N) is 1. The average Bonchev–Trinajstić information content (AvgIpc) is 2.50. The van der Waals surface area contributed by atoms with Crippen LogP contribution in [0.25, 0.3) is 0 Å². The van der Waals surface area contributed by atoms with E-state index >= 15 is 0 Å². The summed E-state index contributed by atoms with van der Waals surface area (Å²) >= 11 is 4.69. The van der Waals surface area contributed by atoms with E-state index in [9.17, 15) is 4.79 Å². The van der Waals surface area contributed by atoms with E-state index in [0.29, 0.717) is 0 Å². The van der Waals surface area contributed by atoms with Crippen molar-refractivity contribution in [1.29, 1.82) is 0 Å². The number of carbonyl (C=O) groups excluding carboxylic acids is 1. The van der Waals surface area contributed by atoms with E-state index in [1.807, 2.05) is 0 Å². The summed E-state index contributed by atoms with van der Waals surface area (Å²) in [5, 5.41) is 6.20. The number of methoxy groups -OCH3 is 1. The number of H-pyrrole nitrogens is 1. The van der Waals surface area contributed by atoms with Crippen molar-refractivity contribution in [2.45, 2.75) is 19.3 Å². The summed E-state index contributed by atoms with van der Waals surface area (Å²) < 4.78 is 9.61. The molecule has 72 valence electrons. The van der Waals surface area contributed by atoms with Crippen LogP contribution < -0.4 is 0 Å². The fourth-order valence-electron chi connectivity index (χ4n) is 0.840. The van der Waals surface area contributed by atoms with E-state index in [2.05, 4.69) is 27.2 Å². The zero-order chi connectivity index (χ0) is 10.1. The predicted molar refractivity (Wildman–Crippen MR) is 46.7 cm³/mol. The second-order valence-corrected chi connectivity index (χ2v) is 3.41. The van der Waals surface area contributed by atoms with Gasteiger partial charge in [-0.25, -0.2) is 5.10 Å². The van der Waals surface area contributed by atoms with Gasteiger partial charge in [-0.15, -0.1) is 5.10 Å². The lowest BCUT2D eigenvalue weighted by Crippen LogP contribution is -2.30. The highest BCUT2D eigenvalue weighted by Gasteiger charge is 2.36. The third kappa shape index (κ3) is 1.77. The van der Waals surface area contributed by atoms with Crippen molar-refractivity contribution in [3.8, 4) is 0 Å². The lowest BCUT2D eigenvalue weighted by atomic mass is 9.94. The predicted octanol–water partition coefficient (Wildman–Crippen LogP) is 1.18. The Morgan fingerprint density at radius 3 is 2.69 bits per heavy atom. The van der Waals surface area contributed by atoms with Crippen molar-refractivity contribution in [2.24, 2.45) is 0 Å².